The third-order valence-electron chi connectivity index (χ3n) is 9.34. The maximum atomic E-state index is 13.9. The fourth-order valence-electron chi connectivity index (χ4n) is 4.98. The number of esters is 1. The van der Waals surface area contributed by atoms with Gasteiger partial charge in [-0.1, -0.05) is 85.0 Å². The standard InChI is InChI=1S/C31H51NO6Si2/c1-21(33)18-24(27(34)29(36)37-20-23-16-14-13-15-17-23)19-25-26(22(2)38-40(11,12)31(6,7)8)28(35)32(25)39(9,10)30(3,4)5/h13-17,22,24-26H,18-20H2,1-12H3/t22-,24?,25-,26-/m1/s1. The lowest BCUT2D eigenvalue weighted by Gasteiger charge is -2.60. The number of benzene rings is 1. The van der Waals surface area contributed by atoms with Crippen LogP contribution in [0, 0.1) is 11.8 Å². The first-order chi connectivity index (χ1) is 18.1. The second kappa shape index (κ2) is 12.4. The van der Waals surface area contributed by atoms with Crippen LogP contribution in [0.3, 0.4) is 0 Å². The van der Waals surface area contributed by atoms with Crippen LogP contribution >= 0.6 is 0 Å². The van der Waals surface area contributed by atoms with Crippen molar-refractivity contribution in [1.29, 1.82) is 0 Å². The Bertz CT molecular complexity index is 1090. The summed E-state index contributed by atoms with van der Waals surface area (Å²) in [5.41, 5.74) is 0.775. The third kappa shape index (κ3) is 7.59. The Hall–Kier alpha value is -2.11. The minimum absolute atomic E-state index is 0.0176. The van der Waals surface area contributed by atoms with Crippen LogP contribution in [-0.4, -0.2) is 56.7 Å². The summed E-state index contributed by atoms with van der Waals surface area (Å²) >= 11 is 0. The van der Waals surface area contributed by atoms with Crippen molar-refractivity contribution in [3.63, 3.8) is 0 Å². The monoisotopic (exact) mass is 589 g/mol. The van der Waals surface area contributed by atoms with Crippen molar-refractivity contribution in [2.75, 3.05) is 0 Å². The number of β-lactam (4-membered cyclic amide) rings is 1. The molecule has 1 aromatic carbocycles. The highest BCUT2D eigenvalue weighted by molar-refractivity contribution is 6.80. The Kier molecular flexibility index (Phi) is 10.6. The molecule has 0 spiro atoms. The number of Topliss-reactive ketones (excluding diaryl/α,β-unsaturated/α-hetero) is 2. The predicted octanol–water partition coefficient (Wildman–Crippen LogP) is 6.53. The molecule has 0 radical (unpaired) electrons. The van der Waals surface area contributed by atoms with Crippen molar-refractivity contribution >= 4 is 40.0 Å². The molecule has 7 nitrogen and oxygen atoms in total. The van der Waals surface area contributed by atoms with Crippen LogP contribution in [0.4, 0.5) is 0 Å². The van der Waals surface area contributed by atoms with Gasteiger partial charge in [0.2, 0.25) is 11.7 Å². The van der Waals surface area contributed by atoms with Crippen molar-refractivity contribution < 1.29 is 28.3 Å². The molecular formula is C31H51NO6Si2. The first-order valence-electron chi connectivity index (χ1n) is 14.4. The van der Waals surface area contributed by atoms with Gasteiger partial charge in [0, 0.05) is 18.4 Å². The zero-order valence-corrected chi connectivity index (χ0v) is 28.7. The van der Waals surface area contributed by atoms with Gasteiger partial charge in [-0.3, -0.25) is 9.59 Å². The van der Waals surface area contributed by atoms with E-state index in [4.69, 9.17) is 9.16 Å². The Morgan fingerprint density at radius 1 is 0.950 bits per heavy atom. The highest BCUT2D eigenvalue weighted by Crippen LogP contribution is 2.48. The molecule has 1 aliphatic heterocycles. The number of carbonyl (C=O) groups excluding carboxylic acids is 4. The number of carbonyl (C=O) groups is 4. The van der Waals surface area contributed by atoms with Crippen LogP contribution in [-0.2, 0) is 34.9 Å². The zero-order valence-electron chi connectivity index (χ0n) is 26.7. The highest BCUT2D eigenvalue weighted by Gasteiger charge is 2.60. The number of nitrogens with zero attached hydrogens (tertiary/aromatic N) is 1. The van der Waals surface area contributed by atoms with E-state index in [9.17, 15) is 19.2 Å². The smallest absolute Gasteiger partial charge is 0.375 e. The summed E-state index contributed by atoms with van der Waals surface area (Å²) in [6, 6.07) is 8.86. The van der Waals surface area contributed by atoms with Crippen LogP contribution in [0.1, 0.15) is 73.8 Å². The van der Waals surface area contributed by atoms with Crippen molar-refractivity contribution in [3.8, 4) is 0 Å². The summed E-state index contributed by atoms with van der Waals surface area (Å²) in [6.45, 7) is 25.0. The summed E-state index contributed by atoms with van der Waals surface area (Å²) < 4.78 is 14.0. The minimum atomic E-state index is -2.33. The number of ketones is 2. The van der Waals surface area contributed by atoms with Gasteiger partial charge >= 0.3 is 5.97 Å². The van der Waals surface area contributed by atoms with E-state index in [1.165, 1.54) is 6.92 Å². The Labute approximate surface area is 243 Å². The molecule has 0 aromatic heterocycles. The first kappa shape index (κ1) is 34.1. The summed E-state index contributed by atoms with van der Waals surface area (Å²) in [5.74, 6) is -3.09. The van der Waals surface area contributed by atoms with E-state index >= 15 is 0 Å². The second-order valence-electron chi connectivity index (χ2n) is 14.5. The summed E-state index contributed by atoms with van der Waals surface area (Å²) in [5, 5.41) is -0.150. The molecule has 0 N–H and O–H groups in total. The predicted molar refractivity (Wildman–Crippen MR) is 164 cm³/mol. The van der Waals surface area contributed by atoms with E-state index in [2.05, 4.69) is 67.7 Å². The molecule has 1 saturated heterocycles. The van der Waals surface area contributed by atoms with Crippen molar-refractivity contribution in [1.82, 2.24) is 4.57 Å². The quantitative estimate of drug-likeness (QED) is 0.119. The third-order valence-corrected chi connectivity index (χ3v) is 19.3. The van der Waals surface area contributed by atoms with E-state index < -0.39 is 40.1 Å². The van der Waals surface area contributed by atoms with E-state index in [0.717, 1.165) is 5.56 Å². The summed E-state index contributed by atoms with van der Waals surface area (Å²) in [6.07, 6.45) is -0.190. The Morgan fingerprint density at radius 3 is 1.98 bits per heavy atom. The lowest BCUT2D eigenvalue weighted by atomic mass is 9.78. The van der Waals surface area contributed by atoms with Crippen molar-refractivity contribution in [3.05, 3.63) is 35.9 Å². The largest absolute Gasteiger partial charge is 0.455 e. The van der Waals surface area contributed by atoms with Crippen LogP contribution in [0.15, 0.2) is 30.3 Å². The number of rotatable bonds is 12. The topological polar surface area (TPSA) is 90.0 Å². The normalized spacial score (nSPS) is 20.0. The van der Waals surface area contributed by atoms with Gasteiger partial charge < -0.3 is 18.5 Å². The van der Waals surface area contributed by atoms with Gasteiger partial charge in [0.1, 0.15) is 12.4 Å². The van der Waals surface area contributed by atoms with E-state index in [1.807, 2.05) is 41.8 Å². The maximum Gasteiger partial charge on any atom is 0.375 e. The number of ether oxygens (including phenoxy) is 1. The number of hydrogen-bond donors (Lipinski definition) is 0. The molecule has 9 heteroatoms. The summed E-state index contributed by atoms with van der Waals surface area (Å²) in [7, 11) is -4.51. The minimum Gasteiger partial charge on any atom is -0.455 e. The SMILES string of the molecule is CC(=O)CC(C[C@@H]1[C@@H]([C@@H](C)O[Si](C)(C)C(C)(C)C)C(=O)N1[Si](C)(C)C(C)(C)C)C(=O)C(=O)OCc1ccccc1. The highest BCUT2D eigenvalue weighted by atomic mass is 28.4. The van der Waals surface area contributed by atoms with Crippen LogP contribution < -0.4 is 0 Å². The van der Waals surface area contributed by atoms with Gasteiger partial charge in [-0.25, -0.2) is 4.79 Å². The molecule has 1 aromatic rings. The molecular weight excluding hydrogens is 539 g/mol. The maximum absolute atomic E-state index is 13.9. The average molecular weight is 590 g/mol. The van der Waals surface area contributed by atoms with Crippen LogP contribution in [0.5, 0.6) is 0 Å². The van der Waals surface area contributed by atoms with E-state index in [-0.39, 0.29) is 53.4 Å². The van der Waals surface area contributed by atoms with Gasteiger partial charge in [0.15, 0.2) is 16.6 Å². The van der Waals surface area contributed by atoms with Gasteiger partial charge in [-0.05, 0) is 49.0 Å². The molecule has 0 saturated carbocycles. The van der Waals surface area contributed by atoms with E-state index in [1.54, 1.807) is 0 Å². The molecule has 1 aliphatic rings. The van der Waals surface area contributed by atoms with Gasteiger partial charge in [0.05, 0.1) is 12.0 Å². The number of hydrogen-bond acceptors (Lipinski definition) is 6. The second-order valence-corrected chi connectivity index (χ2v) is 24.3. The first-order valence-corrected chi connectivity index (χ1v) is 20.2. The van der Waals surface area contributed by atoms with Gasteiger partial charge in [-0.2, -0.15) is 0 Å². The molecule has 40 heavy (non-hydrogen) atoms. The Morgan fingerprint density at radius 2 is 1.50 bits per heavy atom. The lowest BCUT2D eigenvalue weighted by Crippen LogP contribution is -2.75. The van der Waals surface area contributed by atoms with E-state index in [0.29, 0.717) is 0 Å². The molecule has 1 unspecified atom stereocenters. The molecule has 224 valence electrons. The van der Waals surface area contributed by atoms with Crippen LogP contribution in [0.25, 0.3) is 0 Å². The van der Waals surface area contributed by atoms with Crippen molar-refractivity contribution in [2.24, 2.45) is 11.8 Å². The van der Waals surface area contributed by atoms with Crippen molar-refractivity contribution in [2.45, 2.75) is 123 Å². The molecule has 0 aliphatic carbocycles. The molecule has 0 bridgehead atoms. The fourth-order valence-corrected chi connectivity index (χ4v) is 8.93. The zero-order chi connectivity index (χ0) is 30.8. The molecule has 4 atom stereocenters. The molecule has 1 fully saturated rings. The Balaban J connectivity index is 2.39. The molecule has 1 amide bonds. The van der Waals surface area contributed by atoms with Crippen LogP contribution in [0.2, 0.25) is 36.3 Å². The summed E-state index contributed by atoms with van der Waals surface area (Å²) in [4.78, 5) is 52.4. The van der Waals surface area contributed by atoms with Gasteiger partial charge in [-0.15, -0.1) is 0 Å². The molecule has 2 rings (SSSR count). The average Bonchev–Trinajstić information content (AvgIpc) is 2.79. The fraction of sp³-hybridized carbons (Fsp3) is 0.677. The lowest BCUT2D eigenvalue weighted by molar-refractivity contribution is -0.160. The van der Waals surface area contributed by atoms with Gasteiger partial charge in [0.25, 0.3) is 0 Å². The molecule has 1 heterocycles. The number of amides is 1.